The van der Waals surface area contributed by atoms with E-state index in [1.54, 1.807) is 29.9 Å². The largest absolute Gasteiger partial charge is 0.497 e. The molecule has 1 aliphatic rings. The first-order valence-corrected chi connectivity index (χ1v) is 13.9. The van der Waals surface area contributed by atoms with Crippen molar-refractivity contribution in [3.05, 3.63) is 63.9 Å². The van der Waals surface area contributed by atoms with Gasteiger partial charge in [-0.15, -0.1) is 10.2 Å². The van der Waals surface area contributed by atoms with Gasteiger partial charge in [-0.3, -0.25) is 18.6 Å². The first kappa shape index (κ1) is 25.3. The summed E-state index contributed by atoms with van der Waals surface area (Å²) in [5.74, 6) is 2.10. The topological polar surface area (TPSA) is 90.5 Å². The first-order chi connectivity index (χ1) is 17.9. The molecule has 1 amide bonds. The average molecular weight is 520 g/mol. The Morgan fingerprint density at radius 1 is 1.14 bits per heavy atom. The number of hydrogen-bond donors (Lipinski definition) is 1. The minimum atomic E-state index is -0.118. The Morgan fingerprint density at radius 3 is 2.70 bits per heavy atom. The van der Waals surface area contributed by atoms with E-state index in [-0.39, 0.29) is 23.4 Å². The summed E-state index contributed by atoms with van der Waals surface area (Å²) in [4.78, 5) is 26.6. The molecule has 0 unspecified atom stereocenters. The highest BCUT2D eigenvalue weighted by Gasteiger charge is 2.21. The molecule has 8 nitrogen and oxygen atoms in total. The molecule has 5 rings (SSSR count). The molecule has 2 aromatic heterocycles. The molecule has 1 saturated carbocycles. The number of carbonyl (C=O) groups excluding carboxylic acids is 1. The summed E-state index contributed by atoms with van der Waals surface area (Å²) in [5, 5.41) is 13.3. The number of rotatable bonds is 8. The number of hydrogen-bond acceptors (Lipinski definition) is 6. The number of nitrogens with one attached hydrogen (secondary N) is 1. The van der Waals surface area contributed by atoms with Crippen molar-refractivity contribution in [2.75, 3.05) is 7.11 Å². The van der Waals surface area contributed by atoms with Crippen molar-refractivity contribution in [3.63, 3.8) is 0 Å². The Bertz CT molecular complexity index is 1490. The van der Waals surface area contributed by atoms with Crippen molar-refractivity contribution in [2.24, 2.45) is 5.92 Å². The molecule has 1 fully saturated rings. The van der Waals surface area contributed by atoms with Crippen LogP contribution in [0.2, 0.25) is 0 Å². The van der Waals surface area contributed by atoms with E-state index in [0.717, 1.165) is 37.0 Å². The molecule has 0 aliphatic heterocycles. The van der Waals surface area contributed by atoms with E-state index in [1.807, 2.05) is 28.7 Å². The zero-order chi connectivity index (χ0) is 25.9. The maximum absolute atomic E-state index is 13.5. The lowest BCUT2D eigenvalue weighted by Crippen LogP contribution is -2.36. The van der Waals surface area contributed by atoms with Crippen LogP contribution in [0.15, 0.2) is 52.4 Å². The summed E-state index contributed by atoms with van der Waals surface area (Å²) in [7, 11) is 1.65. The van der Waals surface area contributed by atoms with Crippen LogP contribution in [-0.4, -0.2) is 38.2 Å². The van der Waals surface area contributed by atoms with Crippen LogP contribution < -0.4 is 15.6 Å². The molecule has 0 radical (unpaired) electrons. The monoisotopic (exact) mass is 519 g/mol. The second-order valence-corrected chi connectivity index (χ2v) is 11.1. The van der Waals surface area contributed by atoms with Gasteiger partial charge in [0.2, 0.25) is 5.78 Å². The maximum Gasteiger partial charge on any atom is 0.262 e. The van der Waals surface area contributed by atoms with Gasteiger partial charge in [-0.2, -0.15) is 0 Å². The summed E-state index contributed by atoms with van der Waals surface area (Å²) in [5.41, 5.74) is 2.16. The summed E-state index contributed by atoms with van der Waals surface area (Å²) in [6.07, 6.45) is 5.55. The molecule has 2 aromatic carbocycles. The van der Waals surface area contributed by atoms with E-state index < -0.39 is 0 Å². The minimum absolute atomic E-state index is 0.105. The molecule has 194 valence electrons. The average Bonchev–Trinajstić information content (AvgIpc) is 3.34. The smallest absolute Gasteiger partial charge is 0.262 e. The van der Waals surface area contributed by atoms with Crippen LogP contribution in [0, 0.1) is 5.92 Å². The molecular formula is C28H33N5O3S. The van der Waals surface area contributed by atoms with Crippen molar-refractivity contribution < 1.29 is 9.53 Å². The Hall–Kier alpha value is -3.33. The van der Waals surface area contributed by atoms with Crippen LogP contribution in [0.1, 0.15) is 61.9 Å². The van der Waals surface area contributed by atoms with Crippen LogP contribution in [-0.2, 0) is 12.3 Å². The number of nitrogens with zero attached hydrogens (tertiary/aromatic N) is 4. The number of ether oxygens (including phenoxy) is 1. The fourth-order valence-electron chi connectivity index (χ4n) is 4.97. The Balaban J connectivity index is 1.57. The first-order valence-electron chi connectivity index (χ1n) is 12.9. The van der Waals surface area contributed by atoms with Gasteiger partial charge in [-0.05, 0) is 54.7 Å². The molecule has 0 bridgehead atoms. The third kappa shape index (κ3) is 5.37. The Kier molecular flexibility index (Phi) is 7.50. The van der Waals surface area contributed by atoms with Crippen molar-refractivity contribution in [3.8, 4) is 5.75 Å². The molecule has 0 saturated heterocycles. The molecule has 9 heteroatoms. The molecular weight excluding hydrogens is 486 g/mol. The van der Waals surface area contributed by atoms with Crippen molar-refractivity contribution >= 4 is 34.3 Å². The molecule has 1 aliphatic carbocycles. The van der Waals surface area contributed by atoms with Crippen molar-refractivity contribution in [1.29, 1.82) is 0 Å². The highest BCUT2D eigenvalue weighted by Crippen LogP contribution is 2.27. The summed E-state index contributed by atoms with van der Waals surface area (Å²) in [6.45, 7) is 4.67. The third-order valence-corrected chi connectivity index (χ3v) is 7.82. The van der Waals surface area contributed by atoms with Gasteiger partial charge in [0, 0.05) is 23.9 Å². The summed E-state index contributed by atoms with van der Waals surface area (Å²) in [6, 6.07) is 13.4. The van der Waals surface area contributed by atoms with Gasteiger partial charge < -0.3 is 10.1 Å². The standard InChI is InChI=1S/C28H33N5O3S/c1-18(2)16-32-26(35)23-13-12-20(25(34)29-21-9-5-4-6-10-21)15-24(23)33-27(32)30-31-28(33)37-17-19-8-7-11-22(14-19)36-3/h7-8,11-15,18,21H,4-6,9-10,16-17H2,1-3H3,(H,29,34). The van der Waals surface area contributed by atoms with Crippen LogP contribution in [0.25, 0.3) is 16.7 Å². The number of benzene rings is 2. The van der Waals surface area contributed by atoms with Crippen LogP contribution in [0.3, 0.4) is 0 Å². The Morgan fingerprint density at radius 2 is 1.95 bits per heavy atom. The normalized spacial score (nSPS) is 14.5. The summed E-state index contributed by atoms with van der Waals surface area (Å²) < 4.78 is 8.97. The van der Waals surface area contributed by atoms with E-state index >= 15 is 0 Å². The van der Waals surface area contributed by atoms with E-state index in [4.69, 9.17) is 4.74 Å². The van der Waals surface area contributed by atoms with Gasteiger partial charge >= 0.3 is 0 Å². The number of aromatic nitrogens is 4. The number of fused-ring (bicyclic) bond motifs is 3. The highest BCUT2D eigenvalue weighted by molar-refractivity contribution is 7.98. The predicted molar refractivity (Wildman–Crippen MR) is 146 cm³/mol. The van der Waals surface area contributed by atoms with Gasteiger partial charge in [-0.25, -0.2) is 0 Å². The highest BCUT2D eigenvalue weighted by atomic mass is 32.2. The molecule has 37 heavy (non-hydrogen) atoms. The lowest BCUT2D eigenvalue weighted by Gasteiger charge is -2.22. The van der Waals surface area contributed by atoms with E-state index in [0.29, 0.717) is 39.7 Å². The fourth-order valence-corrected chi connectivity index (χ4v) is 5.85. The zero-order valence-electron chi connectivity index (χ0n) is 21.6. The van der Waals surface area contributed by atoms with E-state index in [2.05, 4.69) is 29.4 Å². The molecule has 0 spiro atoms. The summed E-state index contributed by atoms with van der Waals surface area (Å²) >= 11 is 1.54. The second kappa shape index (κ2) is 11.0. The van der Waals surface area contributed by atoms with Crippen LogP contribution in [0.4, 0.5) is 0 Å². The van der Waals surface area contributed by atoms with E-state index in [9.17, 15) is 9.59 Å². The van der Waals surface area contributed by atoms with Crippen molar-refractivity contribution in [2.45, 2.75) is 69.4 Å². The molecule has 1 N–H and O–H groups in total. The Labute approximate surface area is 220 Å². The zero-order valence-corrected chi connectivity index (χ0v) is 22.4. The minimum Gasteiger partial charge on any atom is -0.497 e. The van der Waals surface area contributed by atoms with Crippen LogP contribution >= 0.6 is 11.8 Å². The molecule has 0 atom stereocenters. The van der Waals surface area contributed by atoms with Gasteiger partial charge in [0.15, 0.2) is 5.16 Å². The number of amides is 1. The number of thioether (sulfide) groups is 1. The van der Waals surface area contributed by atoms with Gasteiger partial charge in [0.25, 0.3) is 11.5 Å². The van der Waals surface area contributed by atoms with Crippen LogP contribution in [0.5, 0.6) is 5.75 Å². The predicted octanol–water partition coefficient (Wildman–Crippen LogP) is 5.06. The van der Waals surface area contributed by atoms with E-state index in [1.165, 1.54) is 18.2 Å². The van der Waals surface area contributed by atoms with Gasteiger partial charge in [-0.1, -0.05) is 57.0 Å². The number of methoxy groups -OCH3 is 1. The lowest BCUT2D eigenvalue weighted by molar-refractivity contribution is 0.0928. The molecule has 4 aromatic rings. The quantitative estimate of drug-likeness (QED) is 0.327. The third-order valence-electron chi connectivity index (χ3n) is 6.82. The fraction of sp³-hybridized carbons (Fsp3) is 0.429. The second-order valence-electron chi connectivity index (χ2n) is 10.1. The number of carbonyl (C=O) groups is 1. The van der Waals surface area contributed by atoms with Gasteiger partial charge in [0.05, 0.1) is 18.0 Å². The lowest BCUT2D eigenvalue weighted by atomic mass is 9.95. The SMILES string of the molecule is COc1cccc(CSc2nnc3n(CC(C)C)c(=O)c4ccc(C(=O)NC5CCCCC5)cc4n23)c1. The maximum atomic E-state index is 13.5. The van der Waals surface area contributed by atoms with Crippen molar-refractivity contribution in [1.82, 2.24) is 24.5 Å². The van der Waals surface area contributed by atoms with Gasteiger partial charge in [0.1, 0.15) is 5.75 Å². The molecule has 2 heterocycles.